The highest BCUT2D eigenvalue weighted by Crippen LogP contribution is 2.43. The molecule has 0 spiro atoms. The number of hydrogen-bond donors (Lipinski definition) is 2. The minimum atomic E-state index is -0.0806. The van der Waals surface area contributed by atoms with Gasteiger partial charge in [-0.05, 0) is 51.2 Å². The first-order valence-electron chi connectivity index (χ1n) is 7.88. The second-order valence-corrected chi connectivity index (χ2v) is 6.86. The Kier molecular flexibility index (Phi) is 3.81. The van der Waals surface area contributed by atoms with E-state index in [2.05, 4.69) is 22.6 Å². The van der Waals surface area contributed by atoms with Gasteiger partial charge in [0.2, 0.25) is 5.91 Å². The maximum Gasteiger partial charge on any atom is 0.227 e. The molecule has 2 heterocycles. The first-order valence-corrected chi connectivity index (χ1v) is 7.88. The third kappa shape index (κ3) is 2.52. The lowest BCUT2D eigenvalue weighted by molar-refractivity contribution is -0.134. The van der Waals surface area contributed by atoms with Crippen molar-refractivity contribution in [2.24, 2.45) is 17.3 Å². The van der Waals surface area contributed by atoms with Gasteiger partial charge in [0.15, 0.2) is 0 Å². The SMILES string of the molecule is CN1CCC(CNC(=O)[C@@]23CCCC[C@H]2CNC3)C1. The first-order chi connectivity index (χ1) is 9.21. The monoisotopic (exact) mass is 265 g/mol. The minimum absolute atomic E-state index is 0.0806. The van der Waals surface area contributed by atoms with E-state index >= 15 is 0 Å². The van der Waals surface area contributed by atoms with Crippen molar-refractivity contribution in [2.45, 2.75) is 32.1 Å². The van der Waals surface area contributed by atoms with Crippen LogP contribution in [0, 0.1) is 17.3 Å². The lowest BCUT2D eigenvalue weighted by Crippen LogP contribution is -2.48. The van der Waals surface area contributed by atoms with Crippen molar-refractivity contribution >= 4 is 5.91 Å². The molecule has 108 valence electrons. The van der Waals surface area contributed by atoms with Gasteiger partial charge in [-0.2, -0.15) is 0 Å². The minimum Gasteiger partial charge on any atom is -0.355 e. The van der Waals surface area contributed by atoms with Crippen LogP contribution in [0.2, 0.25) is 0 Å². The third-order valence-electron chi connectivity index (χ3n) is 5.53. The number of rotatable bonds is 3. The molecule has 2 saturated heterocycles. The predicted molar refractivity (Wildman–Crippen MR) is 75.9 cm³/mol. The molecule has 1 unspecified atom stereocenters. The van der Waals surface area contributed by atoms with Gasteiger partial charge in [-0.1, -0.05) is 12.8 Å². The van der Waals surface area contributed by atoms with Crippen LogP contribution in [0.25, 0.3) is 0 Å². The van der Waals surface area contributed by atoms with Crippen molar-refractivity contribution in [3.63, 3.8) is 0 Å². The summed E-state index contributed by atoms with van der Waals surface area (Å²) in [5.41, 5.74) is -0.0806. The van der Waals surface area contributed by atoms with E-state index < -0.39 is 0 Å². The Labute approximate surface area is 116 Å². The molecule has 1 amide bonds. The van der Waals surface area contributed by atoms with Crippen molar-refractivity contribution in [3.05, 3.63) is 0 Å². The van der Waals surface area contributed by atoms with E-state index in [1.165, 1.54) is 32.2 Å². The Bertz CT molecular complexity index is 346. The third-order valence-corrected chi connectivity index (χ3v) is 5.53. The molecule has 0 bridgehead atoms. The molecule has 3 aliphatic rings. The number of carbonyl (C=O) groups is 1. The van der Waals surface area contributed by atoms with Crippen molar-refractivity contribution in [3.8, 4) is 0 Å². The van der Waals surface area contributed by atoms with Crippen molar-refractivity contribution in [2.75, 3.05) is 39.8 Å². The second kappa shape index (κ2) is 5.41. The largest absolute Gasteiger partial charge is 0.355 e. The Morgan fingerprint density at radius 2 is 2.32 bits per heavy atom. The Balaban J connectivity index is 1.57. The van der Waals surface area contributed by atoms with Crippen molar-refractivity contribution in [1.82, 2.24) is 15.5 Å². The fourth-order valence-corrected chi connectivity index (χ4v) is 4.30. The number of nitrogens with zero attached hydrogens (tertiary/aromatic N) is 1. The summed E-state index contributed by atoms with van der Waals surface area (Å²) >= 11 is 0. The molecular weight excluding hydrogens is 238 g/mol. The van der Waals surface area contributed by atoms with E-state index in [-0.39, 0.29) is 5.41 Å². The fraction of sp³-hybridized carbons (Fsp3) is 0.933. The summed E-state index contributed by atoms with van der Waals surface area (Å²) in [7, 11) is 2.17. The van der Waals surface area contributed by atoms with Gasteiger partial charge in [0.05, 0.1) is 5.41 Å². The van der Waals surface area contributed by atoms with Crippen LogP contribution < -0.4 is 10.6 Å². The van der Waals surface area contributed by atoms with Crippen LogP contribution in [0.1, 0.15) is 32.1 Å². The Morgan fingerprint density at radius 1 is 1.42 bits per heavy atom. The standard InChI is InChI=1S/C15H27N3O/c1-18-7-5-12(10-18)8-17-14(19)15-6-3-2-4-13(15)9-16-11-15/h12-13,16H,2-11H2,1H3,(H,17,19)/t12?,13-,15+/m0/s1. The average molecular weight is 265 g/mol. The predicted octanol–water partition coefficient (Wildman–Crippen LogP) is 0.834. The quantitative estimate of drug-likeness (QED) is 0.794. The van der Waals surface area contributed by atoms with Gasteiger partial charge in [-0.15, -0.1) is 0 Å². The lowest BCUT2D eigenvalue weighted by atomic mass is 9.67. The molecule has 3 fully saturated rings. The summed E-state index contributed by atoms with van der Waals surface area (Å²) < 4.78 is 0. The van der Waals surface area contributed by atoms with Gasteiger partial charge in [0, 0.05) is 19.6 Å². The number of nitrogens with one attached hydrogen (secondary N) is 2. The molecule has 3 atom stereocenters. The number of hydrogen-bond acceptors (Lipinski definition) is 3. The fourth-order valence-electron chi connectivity index (χ4n) is 4.30. The van der Waals surface area contributed by atoms with Gasteiger partial charge in [0.1, 0.15) is 0 Å². The summed E-state index contributed by atoms with van der Waals surface area (Å²) in [6.45, 7) is 5.12. The van der Waals surface area contributed by atoms with E-state index in [0.717, 1.165) is 32.6 Å². The van der Waals surface area contributed by atoms with Crippen molar-refractivity contribution in [1.29, 1.82) is 0 Å². The summed E-state index contributed by atoms with van der Waals surface area (Å²) in [6.07, 6.45) is 6.06. The number of amides is 1. The van der Waals surface area contributed by atoms with E-state index in [1.807, 2.05) is 0 Å². The molecule has 0 aromatic heterocycles. The van der Waals surface area contributed by atoms with E-state index in [9.17, 15) is 4.79 Å². The zero-order chi connectivity index (χ0) is 13.3. The molecule has 0 aromatic carbocycles. The van der Waals surface area contributed by atoms with Gasteiger partial charge in [-0.3, -0.25) is 4.79 Å². The molecule has 19 heavy (non-hydrogen) atoms. The maximum atomic E-state index is 12.7. The molecular formula is C15H27N3O. The topological polar surface area (TPSA) is 44.4 Å². The number of likely N-dealkylation sites (tertiary alicyclic amines) is 1. The molecule has 2 aliphatic heterocycles. The Hall–Kier alpha value is -0.610. The molecule has 2 N–H and O–H groups in total. The number of carbonyl (C=O) groups excluding carboxylic acids is 1. The van der Waals surface area contributed by atoms with Crippen LogP contribution in [-0.2, 0) is 4.79 Å². The Morgan fingerprint density at radius 3 is 3.11 bits per heavy atom. The molecule has 4 nitrogen and oxygen atoms in total. The van der Waals surface area contributed by atoms with Crippen LogP contribution >= 0.6 is 0 Å². The molecule has 1 saturated carbocycles. The molecule has 0 aromatic rings. The van der Waals surface area contributed by atoms with Crippen LogP contribution in [0.5, 0.6) is 0 Å². The van der Waals surface area contributed by atoms with Crippen LogP contribution in [0.15, 0.2) is 0 Å². The van der Waals surface area contributed by atoms with Crippen molar-refractivity contribution < 1.29 is 4.79 Å². The highest BCUT2D eigenvalue weighted by Gasteiger charge is 2.49. The van der Waals surface area contributed by atoms with E-state index in [4.69, 9.17) is 0 Å². The second-order valence-electron chi connectivity index (χ2n) is 6.86. The normalized spacial score (nSPS) is 39.2. The van der Waals surface area contributed by atoms with E-state index in [0.29, 0.717) is 17.7 Å². The highest BCUT2D eigenvalue weighted by atomic mass is 16.2. The smallest absolute Gasteiger partial charge is 0.227 e. The summed E-state index contributed by atoms with van der Waals surface area (Å²) in [6, 6.07) is 0. The first kappa shape index (κ1) is 13.4. The summed E-state index contributed by atoms with van der Waals surface area (Å²) in [5.74, 6) is 1.56. The average Bonchev–Trinajstić information content (AvgIpc) is 3.02. The zero-order valence-electron chi connectivity index (χ0n) is 12.1. The van der Waals surface area contributed by atoms with Crippen LogP contribution in [0.3, 0.4) is 0 Å². The van der Waals surface area contributed by atoms with E-state index in [1.54, 1.807) is 0 Å². The maximum absolute atomic E-state index is 12.7. The van der Waals surface area contributed by atoms with Gasteiger partial charge in [-0.25, -0.2) is 0 Å². The molecule has 3 rings (SSSR count). The van der Waals surface area contributed by atoms with Gasteiger partial charge < -0.3 is 15.5 Å². The highest BCUT2D eigenvalue weighted by molar-refractivity contribution is 5.83. The zero-order valence-corrected chi connectivity index (χ0v) is 12.1. The number of fused-ring (bicyclic) bond motifs is 1. The van der Waals surface area contributed by atoms with Crippen LogP contribution in [-0.4, -0.2) is 50.6 Å². The lowest BCUT2D eigenvalue weighted by Gasteiger charge is -2.37. The summed E-state index contributed by atoms with van der Waals surface area (Å²) in [5, 5.41) is 6.72. The summed E-state index contributed by atoms with van der Waals surface area (Å²) in [4.78, 5) is 15.0. The molecule has 1 aliphatic carbocycles. The molecule has 0 radical (unpaired) electrons. The molecule has 4 heteroatoms. The van der Waals surface area contributed by atoms with Gasteiger partial charge in [0.25, 0.3) is 0 Å². The van der Waals surface area contributed by atoms with Gasteiger partial charge >= 0.3 is 0 Å². The van der Waals surface area contributed by atoms with Crippen LogP contribution in [0.4, 0.5) is 0 Å².